The third-order valence-corrected chi connectivity index (χ3v) is 4.56. The molecule has 28 heavy (non-hydrogen) atoms. The summed E-state index contributed by atoms with van der Waals surface area (Å²) in [4.78, 5) is 11.9. The van der Waals surface area contributed by atoms with Crippen LogP contribution in [0.2, 0.25) is 5.02 Å². The van der Waals surface area contributed by atoms with Gasteiger partial charge in [0.25, 0.3) is 5.91 Å². The number of hydrogen-bond acceptors (Lipinski definition) is 3. The molecule has 0 unspecified atom stereocenters. The number of amides is 1. The minimum atomic E-state index is -0.315. The number of nitrogens with zero attached hydrogens (tertiary/aromatic N) is 2. The highest BCUT2D eigenvalue weighted by Gasteiger charge is 2.09. The van der Waals surface area contributed by atoms with Crippen molar-refractivity contribution in [1.82, 2.24) is 9.99 Å². The van der Waals surface area contributed by atoms with Crippen molar-refractivity contribution in [2.45, 2.75) is 20.8 Å². The van der Waals surface area contributed by atoms with Crippen LogP contribution in [0.4, 0.5) is 0 Å². The van der Waals surface area contributed by atoms with Crippen molar-refractivity contribution in [2.75, 3.05) is 6.61 Å². The molecule has 0 atom stereocenters. The van der Waals surface area contributed by atoms with Crippen LogP contribution in [0.25, 0.3) is 5.69 Å². The first-order chi connectivity index (χ1) is 13.4. The van der Waals surface area contributed by atoms with E-state index >= 15 is 0 Å². The van der Waals surface area contributed by atoms with Gasteiger partial charge in [0, 0.05) is 27.7 Å². The van der Waals surface area contributed by atoms with E-state index in [-0.39, 0.29) is 12.5 Å². The van der Waals surface area contributed by atoms with Gasteiger partial charge in [-0.2, -0.15) is 5.10 Å². The van der Waals surface area contributed by atoms with E-state index in [2.05, 4.69) is 15.1 Å². The van der Waals surface area contributed by atoms with Crippen LogP contribution in [0.1, 0.15) is 22.5 Å². The van der Waals surface area contributed by atoms with Gasteiger partial charge in [-0.3, -0.25) is 4.79 Å². The second-order valence-corrected chi connectivity index (χ2v) is 6.97. The highest BCUT2D eigenvalue weighted by atomic mass is 35.5. The number of nitrogens with one attached hydrogen (secondary N) is 1. The number of hydrazone groups is 1. The first kappa shape index (κ1) is 19.7. The minimum absolute atomic E-state index is 0.0927. The SMILES string of the molecule is Cc1cccc(OCC(=O)N/N=C\c2cc(C)n(-c3ccc(Cl)cc3)c2C)c1. The monoisotopic (exact) mass is 395 g/mol. The van der Waals surface area contributed by atoms with Gasteiger partial charge >= 0.3 is 0 Å². The van der Waals surface area contributed by atoms with Gasteiger partial charge in [-0.25, -0.2) is 5.43 Å². The molecule has 0 radical (unpaired) electrons. The number of aryl methyl sites for hydroxylation is 2. The molecule has 0 saturated carbocycles. The van der Waals surface area contributed by atoms with Crippen LogP contribution in [0.5, 0.6) is 5.75 Å². The van der Waals surface area contributed by atoms with E-state index in [1.165, 1.54) is 0 Å². The predicted molar refractivity (Wildman–Crippen MR) is 113 cm³/mol. The molecule has 1 amide bonds. The average Bonchev–Trinajstić information content (AvgIpc) is 2.95. The lowest BCUT2D eigenvalue weighted by molar-refractivity contribution is -0.123. The Bertz CT molecular complexity index is 1010. The molecule has 0 saturated heterocycles. The Kier molecular flexibility index (Phi) is 6.16. The average molecular weight is 396 g/mol. The number of hydrogen-bond donors (Lipinski definition) is 1. The minimum Gasteiger partial charge on any atom is -0.484 e. The van der Waals surface area contributed by atoms with E-state index in [0.717, 1.165) is 28.2 Å². The van der Waals surface area contributed by atoms with Crippen LogP contribution in [0, 0.1) is 20.8 Å². The zero-order chi connectivity index (χ0) is 20.1. The Balaban J connectivity index is 1.62. The maximum Gasteiger partial charge on any atom is 0.277 e. The summed E-state index contributed by atoms with van der Waals surface area (Å²) in [7, 11) is 0. The summed E-state index contributed by atoms with van der Waals surface area (Å²) in [6.07, 6.45) is 1.64. The van der Waals surface area contributed by atoms with Crippen LogP contribution >= 0.6 is 11.6 Å². The van der Waals surface area contributed by atoms with Crippen molar-refractivity contribution in [2.24, 2.45) is 5.10 Å². The zero-order valence-corrected chi connectivity index (χ0v) is 16.8. The molecule has 3 aromatic rings. The fourth-order valence-electron chi connectivity index (χ4n) is 2.97. The van der Waals surface area contributed by atoms with Crippen molar-refractivity contribution in [3.63, 3.8) is 0 Å². The first-order valence-corrected chi connectivity index (χ1v) is 9.28. The fraction of sp³-hybridized carbons (Fsp3) is 0.182. The molecule has 0 spiro atoms. The molecular formula is C22H22ClN3O2. The molecule has 0 aliphatic rings. The summed E-state index contributed by atoms with van der Waals surface area (Å²) in [6, 6.07) is 17.2. The van der Waals surface area contributed by atoms with Crippen molar-refractivity contribution in [1.29, 1.82) is 0 Å². The van der Waals surface area contributed by atoms with Crippen molar-refractivity contribution in [3.05, 3.63) is 82.1 Å². The van der Waals surface area contributed by atoms with Crippen LogP contribution in [-0.2, 0) is 4.79 Å². The lowest BCUT2D eigenvalue weighted by Crippen LogP contribution is -2.24. The number of carbonyl (C=O) groups excluding carboxylic acids is 1. The lowest BCUT2D eigenvalue weighted by atomic mass is 10.2. The Hall–Kier alpha value is -3.05. The van der Waals surface area contributed by atoms with Gasteiger partial charge in [0.2, 0.25) is 0 Å². The van der Waals surface area contributed by atoms with Gasteiger partial charge in [-0.1, -0.05) is 23.7 Å². The molecule has 0 fully saturated rings. The largest absolute Gasteiger partial charge is 0.484 e. The van der Waals surface area contributed by atoms with Gasteiger partial charge in [0.15, 0.2) is 6.61 Å². The summed E-state index contributed by atoms with van der Waals surface area (Å²) >= 11 is 5.97. The van der Waals surface area contributed by atoms with Crippen molar-refractivity contribution < 1.29 is 9.53 Å². The summed E-state index contributed by atoms with van der Waals surface area (Å²) in [5.74, 6) is 0.343. The second-order valence-electron chi connectivity index (χ2n) is 6.54. The molecule has 0 bridgehead atoms. The number of benzene rings is 2. The fourth-order valence-corrected chi connectivity index (χ4v) is 3.09. The molecule has 144 valence electrons. The smallest absolute Gasteiger partial charge is 0.277 e. The molecule has 6 heteroatoms. The van der Waals surface area contributed by atoms with Crippen molar-refractivity contribution in [3.8, 4) is 11.4 Å². The maximum absolute atomic E-state index is 11.9. The van der Waals surface area contributed by atoms with Crippen LogP contribution in [0.3, 0.4) is 0 Å². The van der Waals surface area contributed by atoms with E-state index < -0.39 is 0 Å². The quantitative estimate of drug-likeness (QED) is 0.490. The van der Waals surface area contributed by atoms with Crippen LogP contribution < -0.4 is 10.2 Å². The van der Waals surface area contributed by atoms with E-state index in [1.54, 1.807) is 6.21 Å². The third kappa shape index (κ3) is 4.81. The number of ether oxygens (including phenoxy) is 1. The second kappa shape index (κ2) is 8.76. The van der Waals surface area contributed by atoms with Gasteiger partial charge in [0.05, 0.1) is 6.21 Å². The molecule has 1 aromatic heterocycles. The zero-order valence-electron chi connectivity index (χ0n) is 16.1. The first-order valence-electron chi connectivity index (χ1n) is 8.90. The highest BCUT2D eigenvalue weighted by Crippen LogP contribution is 2.21. The molecule has 1 heterocycles. The number of aromatic nitrogens is 1. The summed E-state index contributed by atoms with van der Waals surface area (Å²) < 4.78 is 7.58. The Morgan fingerprint density at radius 3 is 2.61 bits per heavy atom. The van der Waals surface area contributed by atoms with E-state index in [0.29, 0.717) is 10.8 Å². The Morgan fingerprint density at radius 1 is 1.14 bits per heavy atom. The maximum atomic E-state index is 11.9. The third-order valence-electron chi connectivity index (χ3n) is 4.31. The highest BCUT2D eigenvalue weighted by molar-refractivity contribution is 6.30. The topological polar surface area (TPSA) is 55.6 Å². The van der Waals surface area contributed by atoms with Gasteiger partial charge in [0.1, 0.15) is 5.75 Å². The summed E-state index contributed by atoms with van der Waals surface area (Å²) in [5, 5.41) is 4.75. The van der Waals surface area contributed by atoms with Gasteiger partial charge < -0.3 is 9.30 Å². The molecule has 0 aliphatic heterocycles. The molecular weight excluding hydrogens is 374 g/mol. The summed E-state index contributed by atoms with van der Waals surface area (Å²) in [6.45, 7) is 5.90. The molecule has 2 aromatic carbocycles. The molecule has 0 aliphatic carbocycles. The van der Waals surface area contributed by atoms with Crippen LogP contribution in [-0.4, -0.2) is 23.3 Å². The standard InChI is InChI=1S/C22H22ClN3O2/c1-15-5-4-6-21(11-15)28-14-22(27)25-24-13-18-12-16(2)26(17(18)3)20-9-7-19(23)8-10-20/h4-13H,14H2,1-3H3,(H,25,27)/b24-13-. The molecule has 5 nitrogen and oxygen atoms in total. The van der Waals surface area contributed by atoms with E-state index in [4.69, 9.17) is 16.3 Å². The predicted octanol–water partition coefficient (Wildman–Crippen LogP) is 4.59. The molecule has 1 N–H and O–H groups in total. The number of carbonyl (C=O) groups is 1. The van der Waals surface area contributed by atoms with Crippen LogP contribution in [0.15, 0.2) is 59.7 Å². The Morgan fingerprint density at radius 2 is 1.89 bits per heavy atom. The van der Waals surface area contributed by atoms with Crippen molar-refractivity contribution >= 4 is 23.7 Å². The number of halogens is 1. The van der Waals surface area contributed by atoms with E-state index in [1.807, 2.05) is 75.4 Å². The Labute approximate surface area is 169 Å². The lowest BCUT2D eigenvalue weighted by Gasteiger charge is -2.09. The molecule has 3 rings (SSSR count). The summed E-state index contributed by atoms with van der Waals surface area (Å²) in [5.41, 5.74) is 7.61. The normalized spacial score (nSPS) is 11.0. The van der Waals surface area contributed by atoms with Gasteiger partial charge in [-0.05, 0) is 68.8 Å². The number of rotatable bonds is 6. The van der Waals surface area contributed by atoms with E-state index in [9.17, 15) is 4.79 Å². The van der Waals surface area contributed by atoms with Gasteiger partial charge in [-0.15, -0.1) is 0 Å².